The van der Waals surface area contributed by atoms with Crippen LogP contribution in [0.5, 0.6) is 5.75 Å². The van der Waals surface area contributed by atoms with Crippen LogP contribution < -0.4 is 10.1 Å². The summed E-state index contributed by atoms with van der Waals surface area (Å²) in [6.45, 7) is 2.13. The largest absolute Gasteiger partial charge is 0.491 e. The Kier molecular flexibility index (Phi) is 5.97. The molecule has 0 aromatic heterocycles. The maximum absolute atomic E-state index is 12.3. The number of guanidine groups is 1. The molecular formula is C23H26N4O3. The molecule has 0 spiro atoms. The number of nitrogens with one attached hydrogen (secondary N) is 1. The van der Waals surface area contributed by atoms with Crippen molar-refractivity contribution < 1.29 is 14.3 Å². The quantitative estimate of drug-likeness (QED) is 0.684. The summed E-state index contributed by atoms with van der Waals surface area (Å²) >= 11 is 0. The highest BCUT2D eigenvalue weighted by molar-refractivity contribution is 6.06. The summed E-state index contributed by atoms with van der Waals surface area (Å²) in [7, 11) is 1.84. The third-order valence-electron chi connectivity index (χ3n) is 5.28. The van der Waals surface area contributed by atoms with Crippen molar-refractivity contribution in [3.63, 3.8) is 0 Å². The lowest BCUT2D eigenvalue weighted by Gasteiger charge is -2.24. The van der Waals surface area contributed by atoms with Gasteiger partial charge in [0.2, 0.25) is 17.8 Å². The number of hydrogen-bond acceptors (Lipinski definition) is 5. The van der Waals surface area contributed by atoms with Gasteiger partial charge in [0.05, 0.1) is 6.61 Å². The van der Waals surface area contributed by atoms with E-state index in [4.69, 9.17) is 4.74 Å². The van der Waals surface area contributed by atoms with E-state index < -0.39 is 0 Å². The Morgan fingerprint density at radius 1 is 1.13 bits per heavy atom. The summed E-state index contributed by atoms with van der Waals surface area (Å²) in [4.78, 5) is 32.2. The number of rotatable bonds is 8. The van der Waals surface area contributed by atoms with E-state index >= 15 is 0 Å². The average Bonchev–Trinajstić information content (AvgIpc) is 3.11. The first-order valence-electron chi connectivity index (χ1n) is 10.3. The van der Waals surface area contributed by atoms with Crippen LogP contribution in [0, 0.1) is 0 Å². The highest BCUT2D eigenvalue weighted by Gasteiger charge is 2.30. The van der Waals surface area contributed by atoms with Gasteiger partial charge >= 0.3 is 0 Å². The maximum atomic E-state index is 12.3. The fourth-order valence-electron chi connectivity index (χ4n) is 3.67. The van der Waals surface area contributed by atoms with Crippen molar-refractivity contribution in [2.24, 2.45) is 4.99 Å². The Morgan fingerprint density at radius 3 is 2.80 bits per heavy atom. The van der Waals surface area contributed by atoms with Gasteiger partial charge in [0.25, 0.3) is 0 Å². The van der Waals surface area contributed by atoms with Crippen LogP contribution in [0.25, 0.3) is 0 Å². The van der Waals surface area contributed by atoms with Gasteiger partial charge < -0.3 is 14.5 Å². The number of para-hydroxylation sites is 1. The second kappa shape index (κ2) is 8.98. The van der Waals surface area contributed by atoms with Gasteiger partial charge in [-0.15, -0.1) is 0 Å². The molecule has 0 saturated carbocycles. The number of unbranched alkanes of at least 4 members (excludes halogenated alkanes) is 1. The van der Waals surface area contributed by atoms with Gasteiger partial charge in [0.15, 0.2) is 0 Å². The van der Waals surface area contributed by atoms with Crippen molar-refractivity contribution in [2.75, 3.05) is 20.2 Å². The first kappa shape index (κ1) is 19.9. The van der Waals surface area contributed by atoms with E-state index in [-0.39, 0.29) is 11.8 Å². The first-order chi connectivity index (χ1) is 14.6. The Bertz CT molecular complexity index is 958. The molecule has 2 heterocycles. The zero-order chi connectivity index (χ0) is 20.9. The number of ether oxygens (including phenoxy) is 1. The number of hydrogen-bond donors (Lipinski definition) is 1. The third-order valence-corrected chi connectivity index (χ3v) is 5.28. The fourth-order valence-corrected chi connectivity index (χ4v) is 3.67. The van der Waals surface area contributed by atoms with E-state index in [1.807, 2.05) is 60.5 Å². The van der Waals surface area contributed by atoms with Gasteiger partial charge in [0, 0.05) is 32.1 Å². The number of nitrogens with zero attached hydrogens (tertiary/aromatic N) is 3. The fraction of sp³-hybridized carbons (Fsp3) is 0.348. The van der Waals surface area contributed by atoms with Crippen LogP contribution in [0.15, 0.2) is 53.5 Å². The molecule has 1 N–H and O–H groups in total. The molecule has 2 aromatic rings. The SMILES string of the molecule is CN(Cc1ccccc1)C(=O)CCCCOc1cccc2c1N=C1NC(=O)CN1C2. The Labute approximate surface area is 176 Å². The summed E-state index contributed by atoms with van der Waals surface area (Å²) in [5, 5.41) is 2.78. The molecule has 1 saturated heterocycles. The normalized spacial score (nSPS) is 14.5. The summed E-state index contributed by atoms with van der Waals surface area (Å²) in [6.07, 6.45) is 2.06. The third kappa shape index (κ3) is 4.62. The first-order valence-corrected chi connectivity index (χ1v) is 10.3. The molecule has 30 heavy (non-hydrogen) atoms. The molecule has 2 aliphatic heterocycles. The molecule has 2 aromatic carbocycles. The predicted octanol–water partition coefficient (Wildman–Crippen LogP) is 2.83. The molecule has 2 aliphatic rings. The highest BCUT2D eigenvalue weighted by atomic mass is 16.5. The lowest BCUT2D eigenvalue weighted by molar-refractivity contribution is -0.130. The summed E-state index contributed by atoms with van der Waals surface area (Å²) < 4.78 is 5.95. The van der Waals surface area contributed by atoms with E-state index in [0.29, 0.717) is 44.4 Å². The van der Waals surface area contributed by atoms with Crippen molar-refractivity contribution in [3.8, 4) is 5.75 Å². The molecule has 0 unspecified atom stereocenters. The van der Waals surface area contributed by atoms with Crippen LogP contribution in [0.1, 0.15) is 30.4 Å². The van der Waals surface area contributed by atoms with Crippen molar-refractivity contribution in [1.29, 1.82) is 0 Å². The van der Waals surface area contributed by atoms with E-state index in [0.717, 1.165) is 29.7 Å². The number of fused-ring (bicyclic) bond motifs is 2. The Morgan fingerprint density at radius 2 is 1.97 bits per heavy atom. The topological polar surface area (TPSA) is 74.2 Å². The summed E-state index contributed by atoms with van der Waals surface area (Å²) in [5.41, 5.74) is 2.96. The standard InChI is InChI=1S/C23H26N4O3/c1-26(14-17-8-3-2-4-9-17)21(29)12-5-6-13-30-19-11-7-10-18-15-27-16-20(28)24-23(27)25-22(18)19/h2-4,7-11H,5-6,12-16H2,1H3,(H,24,25,28). The van der Waals surface area contributed by atoms with Crippen LogP contribution in [0.2, 0.25) is 0 Å². The van der Waals surface area contributed by atoms with Crippen LogP contribution in [-0.2, 0) is 22.7 Å². The molecule has 7 nitrogen and oxygen atoms in total. The maximum Gasteiger partial charge on any atom is 0.246 e. The van der Waals surface area contributed by atoms with Gasteiger partial charge in [0.1, 0.15) is 18.0 Å². The lowest BCUT2D eigenvalue weighted by atomic mass is 10.1. The second-order valence-corrected chi connectivity index (χ2v) is 7.64. The number of aliphatic imine (C=N–C) groups is 1. The Hall–Kier alpha value is -3.35. The highest BCUT2D eigenvalue weighted by Crippen LogP contribution is 2.36. The minimum absolute atomic E-state index is 0.0362. The monoisotopic (exact) mass is 406 g/mol. The van der Waals surface area contributed by atoms with E-state index in [1.165, 1.54) is 0 Å². The molecule has 2 amide bonds. The van der Waals surface area contributed by atoms with Crippen LogP contribution >= 0.6 is 0 Å². The molecule has 1 fully saturated rings. The second-order valence-electron chi connectivity index (χ2n) is 7.64. The van der Waals surface area contributed by atoms with E-state index in [9.17, 15) is 9.59 Å². The van der Waals surface area contributed by atoms with Crippen molar-refractivity contribution in [2.45, 2.75) is 32.4 Å². The smallest absolute Gasteiger partial charge is 0.246 e. The number of carbonyl (C=O) groups is 2. The average molecular weight is 406 g/mol. The van der Waals surface area contributed by atoms with Gasteiger partial charge in [-0.25, -0.2) is 4.99 Å². The number of amides is 2. The number of benzene rings is 2. The molecule has 156 valence electrons. The van der Waals surface area contributed by atoms with Gasteiger partial charge in [-0.2, -0.15) is 0 Å². The minimum atomic E-state index is -0.0362. The molecule has 7 heteroatoms. The zero-order valence-corrected chi connectivity index (χ0v) is 17.1. The van der Waals surface area contributed by atoms with E-state index in [2.05, 4.69) is 10.3 Å². The van der Waals surface area contributed by atoms with Crippen LogP contribution in [-0.4, -0.2) is 47.8 Å². The lowest BCUT2D eigenvalue weighted by Crippen LogP contribution is -2.32. The van der Waals surface area contributed by atoms with Gasteiger partial charge in [-0.05, 0) is 24.5 Å². The molecule has 4 rings (SSSR count). The van der Waals surface area contributed by atoms with Crippen LogP contribution in [0.4, 0.5) is 5.69 Å². The van der Waals surface area contributed by atoms with Crippen molar-refractivity contribution in [1.82, 2.24) is 15.1 Å². The molecule has 0 atom stereocenters. The van der Waals surface area contributed by atoms with Gasteiger partial charge in [-0.3, -0.25) is 14.9 Å². The van der Waals surface area contributed by atoms with Crippen LogP contribution in [0.3, 0.4) is 0 Å². The molecular weight excluding hydrogens is 380 g/mol. The molecule has 0 radical (unpaired) electrons. The molecule has 0 bridgehead atoms. The van der Waals surface area contributed by atoms with Crippen molar-refractivity contribution in [3.05, 3.63) is 59.7 Å². The zero-order valence-electron chi connectivity index (χ0n) is 17.1. The predicted molar refractivity (Wildman–Crippen MR) is 114 cm³/mol. The molecule has 0 aliphatic carbocycles. The van der Waals surface area contributed by atoms with Gasteiger partial charge in [-0.1, -0.05) is 42.5 Å². The Balaban J connectivity index is 1.24. The number of carbonyl (C=O) groups excluding carboxylic acids is 2. The van der Waals surface area contributed by atoms with Crippen molar-refractivity contribution >= 4 is 23.5 Å². The van der Waals surface area contributed by atoms with E-state index in [1.54, 1.807) is 4.90 Å². The summed E-state index contributed by atoms with van der Waals surface area (Å²) in [5.74, 6) is 1.41. The summed E-state index contributed by atoms with van der Waals surface area (Å²) in [6, 6.07) is 15.8. The minimum Gasteiger partial charge on any atom is -0.491 e.